The van der Waals surface area contributed by atoms with E-state index in [1.54, 1.807) is 16.8 Å². The van der Waals surface area contributed by atoms with Gasteiger partial charge in [-0.15, -0.1) is 0 Å². The van der Waals surface area contributed by atoms with Crippen LogP contribution in [0.3, 0.4) is 0 Å². The van der Waals surface area contributed by atoms with E-state index in [4.69, 9.17) is 0 Å². The van der Waals surface area contributed by atoms with E-state index in [0.717, 1.165) is 17.8 Å². The molecule has 3 rings (SSSR count). The minimum atomic E-state index is -1.14. The van der Waals surface area contributed by atoms with Crippen molar-refractivity contribution in [3.8, 4) is 0 Å². The van der Waals surface area contributed by atoms with E-state index in [1.165, 1.54) is 6.07 Å². The number of benzene rings is 2. The minimum absolute atomic E-state index is 0.0265. The standard InChI is InChI=1S/C19H20F2N2O2/c1-22(12-18(24)15-8-7-13(20)11-16(15)21)17-9-10-23(19(17)25)14-5-3-2-4-6-14/h2-8,11,17-18,24H,9-10,12H2,1H3. The van der Waals surface area contributed by atoms with Gasteiger partial charge in [-0.2, -0.15) is 0 Å². The highest BCUT2D eigenvalue weighted by molar-refractivity contribution is 5.99. The maximum atomic E-state index is 13.8. The van der Waals surface area contributed by atoms with Crippen molar-refractivity contribution in [1.29, 1.82) is 0 Å². The Morgan fingerprint density at radius 3 is 2.64 bits per heavy atom. The molecule has 2 unspecified atom stereocenters. The van der Waals surface area contributed by atoms with E-state index in [9.17, 15) is 18.7 Å². The average molecular weight is 346 g/mol. The van der Waals surface area contributed by atoms with Crippen LogP contribution in [0.1, 0.15) is 18.1 Å². The third-order valence-corrected chi connectivity index (χ3v) is 4.56. The Morgan fingerprint density at radius 1 is 1.24 bits per heavy atom. The molecule has 0 bridgehead atoms. The van der Waals surface area contributed by atoms with Crippen LogP contribution in [0, 0.1) is 11.6 Å². The number of halogens is 2. The molecular weight excluding hydrogens is 326 g/mol. The predicted octanol–water partition coefficient (Wildman–Crippen LogP) is 2.74. The highest BCUT2D eigenvalue weighted by Crippen LogP contribution is 2.25. The SMILES string of the molecule is CN(CC(O)c1ccc(F)cc1F)C1CCN(c2ccccc2)C1=O. The maximum Gasteiger partial charge on any atom is 0.244 e. The Balaban J connectivity index is 1.67. The number of hydrogen-bond donors (Lipinski definition) is 1. The highest BCUT2D eigenvalue weighted by atomic mass is 19.1. The molecule has 25 heavy (non-hydrogen) atoms. The molecule has 1 aliphatic heterocycles. The summed E-state index contributed by atoms with van der Waals surface area (Å²) >= 11 is 0. The Labute approximate surface area is 145 Å². The smallest absolute Gasteiger partial charge is 0.244 e. The molecule has 4 nitrogen and oxygen atoms in total. The highest BCUT2D eigenvalue weighted by Gasteiger charge is 2.35. The largest absolute Gasteiger partial charge is 0.387 e. The van der Waals surface area contributed by atoms with E-state index in [0.29, 0.717) is 13.0 Å². The number of carbonyl (C=O) groups excluding carboxylic acids is 1. The van der Waals surface area contributed by atoms with E-state index in [-0.39, 0.29) is 24.1 Å². The summed E-state index contributed by atoms with van der Waals surface area (Å²) in [5, 5.41) is 10.3. The summed E-state index contributed by atoms with van der Waals surface area (Å²) in [4.78, 5) is 16.1. The zero-order chi connectivity index (χ0) is 18.0. The summed E-state index contributed by atoms with van der Waals surface area (Å²) < 4.78 is 26.8. The van der Waals surface area contributed by atoms with Gasteiger partial charge in [-0.25, -0.2) is 8.78 Å². The van der Waals surface area contributed by atoms with Gasteiger partial charge < -0.3 is 10.0 Å². The van der Waals surface area contributed by atoms with E-state index < -0.39 is 17.7 Å². The number of amides is 1. The Hall–Kier alpha value is -2.31. The first kappa shape index (κ1) is 17.5. The fraction of sp³-hybridized carbons (Fsp3) is 0.316. The number of likely N-dealkylation sites (N-methyl/N-ethyl adjacent to an activating group) is 1. The Kier molecular flexibility index (Phi) is 5.11. The third-order valence-electron chi connectivity index (χ3n) is 4.56. The molecule has 2 aromatic carbocycles. The van der Waals surface area contributed by atoms with Crippen molar-refractivity contribution in [3.05, 3.63) is 65.7 Å². The number of para-hydroxylation sites is 1. The number of hydrogen-bond acceptors (Lipinski definition) is 3. The number of aliphatic hydroxyl groups excluding tert-OH is 1. The molecule has 1 aliphatic rings. The molecule has 0 aromatic heterocycles. The lowest BCUT2D eigenvalue weighted by atomic mass is 10.1. The lowest BCUT2D eigenvalue weighted by molar-refractivity contribution is -0.121. The number of nitrogens with zero attached hydrogens (tertiary/aromatic N) is 2. The molecule has 1 saturated heterocycles. The predicted molar refractivity (Wildman–Crippen MR) is 91.1 cm³/mol. The van der Waals surface area contributed by atoms with Crippen molar-refractivity contribution in [2.24, 2.45) is 0 Å². The van der Waals surface area contributed by atoms with Crippen LogP contribution in [0.25, 0.3) is 0 Å². The van der Waals surface area contributed by atoms with Gasteiger partial charge in [0.25, 0.3) is 0 Å². The second-order valence-corrected chi connectivity index (χ2v) is 6.25. The third kappa shape index (κ3) is 3.70. The molecular formula is C19H20F2N2O2. The second kappa shape index (κ2) is 7.29. The number of aliphatic hydroxyl groups is 1. The second-order valence-electron chi connectivity index (χ2n) is 6.25. The molecule has 6 heteroatoms. The molecule has 132 valence electrons. The van der Waals surface area contributed by atoms with Crippen LogP contribution in [-0.2, 0) is 4.79 Å². The molecule has 0 saturated carbocycles. The topological polar surface area (TPSA) is 43.8 Å². The van der Waals surface area contributed by atoms with Crippen molar-refractivity contribution in [3.63, 3.8) is 0 Å². The van der Waals surface area contributed by atoms with Crippen LogP contribution in [0.2, 0.25) is 0 Å². The first-order valence-electron chi connectivity index (χ1n) is 8.17. The zero-order valence-corrected chi connectivity index (χ0v) is 13.9. The van der Waals surface area contributed by atoms with Crippen LogP contribution in [0.5, 0.6) is 0 Å². The fourth-order valence-corrected chi connectivity index (χ4v) is 3.21. The normalized spacial score (nSPS) is 18.8. The van der Waals surface area contributed by atoms with Crippen molar-refractivity contribution in [1.82, 2.24) is 4.90 Å². The lowest BCUT2D eigenvalue weighted by Gasteiger charge is -2.26. The Bertz CT molecular complexity index is 754. The number of carbonyl (C=O) groups is 1. The van der Waals surface area contributed by atoms with Crippen LogP contribution >= 0.6 is 0 Å². The molecule has 2 atom stereocenters. The van der Waals surface area contributed by atoms with Crippen molar-refractivity contribution in [2.75, 3.05) is 25.0 Å². The van der Waals surface area contributed by atoms with Crippen molar-refractivity contribution >= 4 is 11.6 Å². The summed E-state index contributed by atoms with van der Waals surface area (Å²) in [5.41, 5.74) is 0.868. The number of anilines is 1. The monoisotopic (exact) mass is 346 g/mol. The number of rotatable bonds is 5. The summed E-state index contributed by atoms with van der Waals surface area (Å²) in [6, 6.07) is 12.1. The first-order valence-corrected chi connectivity index (χ1v) is 8.17. The lowest BCUT2D eigenvalue weighted by Crippen LogP contribution is -2.41. The summed E-state index contributed by atoms with van der Waals surface area (Å²) in [6.07, 6.45) is -0.507. The molecule has 0 radical (unpaired) electrons. The zero-order valence-electron chi connectivity index (χ0n) is 13.9. The molecule has 2 aromatic rings. The van der Waals surface area contributed by atoms with Gasteiger partial charge in [0.1, 0.15) is 11.6 Å². The van der Waals surface area contributed by atoms with E-state index in [2.05, 4.69) is 0 Å². The van der Waals surface area contributed by atoms with Gasteiger partial charge in [-0.05, 0) is 31.7 Å². The van der Waals surface area contributed by atoms with Crippen LogP contribution in [-0.4, -0.2) is 42.1 Å². The van der Waals surface area contributed by atoms with Crippen LogP contribution in [0.4, 0.5) is 14.5 Å². The van der Waals surface area contributed by atoms with Gasteiger partial charge in [0.05, 0.1) is 12.1 Å². The van der Waals surface area contributed by atoms with Crippen molar-refractivity contribution < 1.29 is 18.7 Å². The summed E-state index contributed by atoms with van der Waals surface area (Å²) in [6.45, 7) is 0.681. The molecule has 1 fully saturated rings. The molecule has 1 N–H and O–H groups in total. The van der Waals surface area contributed by atoms with Crippen molar-refractivity contribution in [2.45, 2.75) is 18.6 Å². The molecule has 1 amide bonds. The van der Waals surface area contributed by atoms with E-state index >= 15 is 0 Å². The fourth-order valence-electron chi connectivity index (χ4n) is 3.21. The Morgan fingerprint density at radius 2 is 1.96 bits per heavy atom. The molecule has 0 spiro atoms. The average Bonchev–Trinajstić information content (AvgIpc) is 2.97. The minimum Gasteiger partial charge on any atom is -0.387 e. The van der Waals surface area contributed by atoms with E-state index in [1.807, 2.05) is 30.3 Å². The summed E-state index contributed by atoms with van der Waals surface area (Å²) in [5.74, 6) is -1.52. The van der Waals surface area contributed by atoms with Gasteiger partial charge in [-0.3, -0.25) is 9.69 Å². The van der Waals surface area contributed by atoms with Crippen LogP contribution < -0.4 is 4.90 Å². The van der Waals surface area contributed by atoms with Gasteiger partial charge in [0, 0.05) is 30.4 Å². The first-order chi connectivity index (χ1) is 12.0. The molecule has 0 aliphatic carbocycles. The molecule has 1 heterocycles. The maximum absolute atomic E-state index is 13.8. The van der Waals surface area contributed by atoms with Crippen LogP contribution in [0.15, 0.2) is 48.5 Å². The van der Waals surface area contributed by atoms with Gasteiger partial charge in [0.2, 0.25) is 5.91 Å². The van der Waals surface area contributed by atoms with Gasteiger partial charge in [0.15, 0.2) is 0 Å². The van der Waals surface area contributed by atoms with Gasteiger partial charge in [-0.1, -0.05) is 24.3 Å². The summed E-state index contributed by atoms with van der Waals surface area (Å²) in [7, 11) is 1.72. The van der Waals surface area contributed by atoms with Gasteiger partial charge >= 0.3 is 0 Å². The quantitative estimate of drug-likeness (QED) is 0.905.